The highest BCUT2D eigenvalue weighted by atomic mass is 28.3. The standard InChI is InChI=1S/C84H61N7Si2/c1-3-29-61(30-4-2)92(62-33-10-5-11-34-62,63-35-12-6-13-36-63)67-51-53-76-71(56-67)72-57-68(93(64-37-14-7-15-38-64,65-39-16-8-17-40-65)66-41-18-9-19-42-66)52-54-77(72)89(76)81-58-82(91-80-50-27-26-49-79(80)90-78-48-25-22-45-73(78)85-84(90)91)87-83(86-81)59-31-28-32-60(55-59)88-74-46-23-20-43-69(74)70-44-21-24-47-75(70)88/h3-58H,1H2,2H3/b30-4-,61-29+. The maximum absolute atomic E-state index is 5.85. The summed E-state index contributed by atoms with van der Waals surface area (Å²) in [7, 11) is -6.21. The van der Waals surface area contributed by atoms with Crippen molar-refractivity contribution < 1.29 is 0 Å². The Kier molecular flexibility index (Phi) is 13.5. The van der Waals surface area contributed by atoms with Gasteiger partial charge in [0, 0.05) is 38.9 Å². The van der Waals surface area contributed by atoms with Crippen LogP contribution in [0.3, 0.4) is 0 Å². The molecular weight excluding hydrogens is 1160 g/mol. The lowest BCUT2D eigenvalue weighted by Gasteiger charge is -2.35. The van der Waals surface area contributed by atoms with Gasteiger partial charge in [0.15, 0.2) is 22.0 Å². The Morgan fingerprint density at radius 1 is 0.355 bits per heavy atom. The van der Waals surface area contributed by atoms with E-state index in [1.807, 2.05) is 6.08 Å². The molecule has 0 amide bonds. The van der Waals surface area contributed by atoms with Crippen LogP contribution < -0.4 is 36.3 Å². The minimum Gasteiger partial charge on any atom is -0.309 e. The summed E-state index contributed by atoms with van der Waals surface area (Å²) >= 11 is 0. The zero-order chi connectivity index (χ0) is 62.0. The van der Waals surface area contributed by atoms with E-state index in [1.54, 1.807) is 0 Å². The van der Waals surface area contributed by atoms with E-state index >= 15 is 0 Å². The second-order valence-corrected chi connectivity index (χ2v) is 31.5. The van der Waals surface area contributed by atoms with Gasteiger partial charge in [-0.05, 0) is 109 Å². The molecule has 0 N–H and O–H groups in total. The number of allylic oxidation sites excluding steroid dienone is 5. The van der Waals surface area contributed by atoms with E-state index in [1.165, 1.54) is 52.3 Å². The van der Waals surface area contributed by atoms with Gasteiger partial charge in [-0.25, -0.2) is 15.0 Å². The molecule has 17 aromatic rings. The van der Waals surface area contributed by atoms with Gasteiger partial charge in [-0.15, -0.1) is 0 Å². The number of para-hydroxylation sites is 6. The minimum absolute atomic E-state index is 0.578. The van der Waals surface area contributed by atoms with Crippen LogP contribution in [0.15, 0.2) is 352 Å². The normalized spacial score (nSPS) is 12.4. The maximum Gasteiger partial charge on any atom is 0.221 e. The number of benzene rings is 12. The maximum atomic E-state index is 5.85. The van der Waals surface area contributed by atoms with Gasteiger partial charge in [0.25, 0.3) is 0 Å². The highest BCUT2D eigenvalue weighted by Crippen LogP contribution is 2.38. The van der Waals surface area contributed by atoms with Gasteiger partial charge >= 0.3 is 0 Å². The lowest BCUT2D eigenvalue weighted by atomic mass is 10.1. The zero-order valence-electron chi connectivity index (χ0n) is 51.2. The van der Waals surface area contributed by atoms with E-state index in [9.17, 15) is 0 Å². The van der Waals surface area contributed by atoms with Gasteiger partial charge < -0.3 is 4.57 Å². The first-order valence-electron chi connectivity index (χ1n) is 31.7. The van der Waals surface area contributed by atoms with Crippen LogP contribution in [-0.4, -0.2) is 49.2 Å². The monoisotopic (exact) mass is 1220 g/mol. The van der Waals surface area contributed by atoms with Gasteiger partial charge in [-0.1, -0.05) is 280 Å². The first-order chi connectivity index (χ1) is 46.1. The van der Waals surface area contributed by atoms with Crippen LogP contribution in [0.4, 0.5) is 0 Å². The van der Waals surface area contributed by atoms with Crippen molar-refractivity contribution >= 4 is 124 Å². The van der Waals surface area contributed by atoms with Gasteiger partial charge in [0.1, 0.15) is 11.6 Å². The molecule has 0 saturated carbocycles. The minimum atomic E-state index is -3.14. The van der Waals surface area contributed by atoms with Crippen LogP contribution in [0.25, 0.3) is 100 Å². The molecule has 0 saturated heterocycles. The number of hydrogen-bond donors (Lipinski definition) is 0. The second-order valence-electron chi connectivity index (χ2n) is 23.9. The van der Waals surface area contributed by atoms with Crippen LogP contribution in [0.1, 0.15) is 6.92 Å². The third kappa shape index (κ3) is 8.66. The molecule has 0 spiro atoms. The Morgan fingerprint density at radius 3 is 1.38 bits per heavy atom. The Morgan fingerprint density at radius 2 is 0.817 bits per heavy atom. The summed E-state index contributed by atoms with van der Waals surface area (Å²) in [4.78, 5) is 17.0. The number of aromatic nitrogens is 7. The molecular formula is C84H61N7Si2. The molecule has 0 radical (unpaired) electrons. The Balaban J connectivity index is 1.00. The van der Waals surface area contributed by atoms with Crippen LogP contribution in [0.5, 0.6) is 0 Å². The van der Waals surface area contributed by atoms with E-state index < -0.39 is 16.1 Å². The molecule has 17 rings (SSSR count). The summed E-state index contributed by atoms with van der Waals surface area (Å²) in [5, 5.41) is 14.9. The first-order valence-corrected chi connectivity index (χ1v) is 35.7. The highest BCUT2D eigenvalue weighted by Gasteiger charge is 2.44. The summed E-state index contributed by atoms with van der Waals surface area (Å²) < 4.78 is 9.24. The molecule has 7 nitrogen and oxygen atoms in total. The topological polar surface area (TPSA) is 57.9 Å². The van der Waals surface area contributed by atoms with E-state index in [0.717, 1.165) is 77.8 Å². The largest absolute Gasteiger partial charge is 0.309 e. The molecule has 12 aromatic carbocycles. The van der Waals surface area contributed by atoms with Crippen molar-refractivity contribution in [1.29, 1.82) is 0 Å². The second kappa shape index (κ2) is 22.6. The van der Waals surface area contributed by atoms with Crippen LogP contribution in [0.2, 0.25) is 0 Å². The summed E-state index contributed by atoms with van der Waals surface area (Å²) in [5.74, 6) is 2.75. The summed E-state index contributed by atoms with van der Waals surface area (Å²) in [5.41, 5.74) is 10.1. The van der Waals surface area contributed by atoms with Gasteiger partial charge in [-0.3, -0.25) is 13.5 Å². The lowest BCUT2D eigenvalue weighted by molar-refractivity contribution is 0.980. The number of fused-ring (bicyclic) bond motifs is 11. The summed E-state index contributed by atoms with van der Waals surface area (Å²) in [6.07, 6.45) is 8.68. The van der Waals surface area contributed by atoms with E-state index in [4.69, 9.17) is 15.0 Å². The molecule has 0 aliphatic carbocycles. The third-order valence-electron chi connectivity index (χ3n) is 18.9. The average Bonchev–Trinajstić information content (AvgIpc) is 1.57. The van der Waals surface area contributed by atoms with Gasteiger partial charge in [-0.2, -0.15) is 0 Å². The molecule has 5 heterocycles. The third-order valence-corrected chi connectivity index (χ3v) is 28.5. The molecule has 9 heteroatoms. The zero-order valence-corrected chi connectivity index (χ0v) is 53.2. The molecule has 0 atom stereocenters. The Labute approximate surface area is 540 Å². The number of nitrogens with zero attached hydrogens (tertiary/aromatic N) is 7. The van der Waals surface area contributed by atoms with Crippen LogP contribution in [-0.2, 0) is 0 Å². The van der Waals surface area contributed by atoms with Crippen molar-refractivity contribution in [3.8, 4) is 28.7 Å². The predicted octanol–water partition coefficient (Wildman–Crippen LogP) is 15.2. The van der Waals surface area contributed by atoms with E-state index in [0.29, 0.717) is 11.6 Å². The fraction of sp³-hybridized carbons (Fsp3) is 0.0119. The van der Waals surface area contributed by atoms with Crippen LogP contribution in [0, 0.1) is 0 Å². The van der Waals surface area contributed by atoms with Gasteiger partial charge in [0.05, 0.1) is 44.1 Å². The first kappa shape index (κ1) is 55.3. The summed E-state index contributed by atoms with van der Waals surface area (Å²) in [6.45, 7) is 6.46. The molecule has 0 fully saturated rings. The van der Waals surface area contributed by atoms with Crippen LogP contribution >= 0.6 is 0 Å². The highest BCUT2D eigenvalue weighted by molar-refractivity contribution is 7.20. The van der Waals surface area contributed by atoms with Crippen molar-refractivity contribution in [2.75, 3.05) is 0 Å². The fourth-order valence-electron chi connectivity index (χ4n) is 15.1. The van der Waals surface area contributed by atoms with E-state index in [-0.39, 0.29) is 0 Å². The van der Waals surface area contributed by atoms with Crippen molar-refractivity contribution in [2.45, 2.75) is 6.92 Å². The van der Waals surface area contributed by atoms with Gasteiger partial charge in [0.2, 0.25) is 5.78 Å². The molecule has 5 aromatic heterocycles. The lowest BCUT2D eigenvalue weighted by Crippen LogP contribution is -2.74. The molecule has 0 aliphatic rings. The van der Waals surface area contributed by atoms with E-state index in [2.05, 4.69) is 365 Å². The molecule has 0 bridgehead atoms. The number of hydrogen-bond acceptors (Lipinski definition) is 3. The van der Waals surface area contributed by atoms with Crippen molar-refractivity contribution in [1.82, 2.24) is 33.1 Å². The Hall–Kier alpha value is -11.8. The predicted molar refractivity (Wildman–Crippen MR) is 393 cm³/mol. The average molecular weight is 1220 g/mol. The molecule has 0 aliphatic heterocycles. The number of rotatable bonds is 14. The Bertz CT molecular complexity index is 5600. The number of imidazole rings is 2. The van der Waals surface area contributed by atoms with Crippen molar-refractivity contribution in [3.63, 3.8) is 0 Å². The molecule has 93 heavy (non-hydrogen) atoms. The molecule has 440 valence electrons. The molecule has 0 unspecified atom stereocenters. The quantitative estimate of drug-likeness (QED) is 0.0619. The van der Waals surface area contributed by atoms with Crippen molar-refractivity contribution in [2.24, 2.45) is 0 Å². The van der Waals surface area contributed by atoms with Crippen molar-refractivity contribution in [3.05, 3.63) is 352 Å². The SMILES string of the molecule is C=C/C=C(\C=C/C)[Si](c1ccccc1)(c1ccccc1)c1ccc2c(c1)c1cc([Si](c3ccccc3)(c3ccccc3)c3ccccc3)ccc1n2-c1cc(-n2c3ccccc3n3c4ccccc4nc23)nc(-c2cccc(-n3c4ccccc4c4ccccc43)c2)n1. The fourth-order valence-corrected chi connectivity index (χ4v) is 24.8. The summed E-state index contributed by atoms with van der Waals surface area (Å²) in [6, 6.07) is 116. The smallest absolute Gasteiger partial charge is 0.221 e.